The second-order valence-electron chi connectivity index (χ2n) is 7.57. The first-order valence-electron chi connectivity index (χ1n) is 9.30. The van der Waals surface area contributed by atoms with E-state index in [2.05, 4.69) is 36.4 Å². The van der Waals surface area contributed by atoms with Crippen LogP contribution in [0, 0.1) is 11.8 Å². The Balaban J connectivity index is 1.37. The molecule has 4 rings (SSSR count). The molecule has 3 saturated heterocycles. The number of likely N-dealkylation sites (tertiary alicyclic amines) is 2. The minimum Gasteiger partial charge on any atom is -0.338 e. The van der Waals surface area contributed by atoms with Crippen LogP contribution >= 0.6 is 15.9 Å². The lowest BCUT2D eigenvalue weighted by molar-refractivity contribution is -0.133. The van der Waals surface area contributed by atoms with Gasteiger partial charge in [-0.3, -0.25) is 24.8 Å². The molecule has 3 fully saturated rings. The fourth-order valence-electron chi connectivity index (χ4n) is 4.36. The Morgan fingerprint density at radius 1 is 1.30 bits per heavy atom. The van der Waals surface area contributed by atoms with Crippen LogP contribution in [0.1, 0.15) is 23.7 Å². The smallest absolute Gasteiger partial charge is 0.258 e. The Hall–Kier alpha value is -1.58. The van der Waals surface area contributed by atoms with E-state index >= 15 is 0 Å². The first kappa shape index (κ1) is 18.8. The normalized spacial score (nSPS) is 33.8. The molecule has 0 aromatic carbocycles. The average Bonchev–Trinajstić information content (AvgIpc) is 3.22. The van der Waals surface area contributed by atoms with Crippen LogP contribution in [0.2, 0.25) is 0 Å². The van der Waals surface area contributed by atoms with E-state index in [1.807, 2.05) is 11.8 Å². The average molecular weight is 440 g/mol. The number of amides is 2. The Morgan fingerprint density at radius 2 is 2.00 bits per heavy atom. The van der Waals surface area contributed by atoms with E-state index in [0.29, 0.717) is 36.9 Å². The molecule has 0 saturated carbocycles. The van der Waals surface area contributed by atoms with Gasteiger partial charge < -0.3 is 10.2 Å². The quantitative estimate of drug-likeness (QED) is 0.733. The number of nitrogens with zero attached hydrogens (tertiary/aromatic N) is 3. The summed E-state index contributed by atoms with van der Waals surface area (Å²) in [6.45, 7) is 4.80. The van der Waals surface area contributed by atoms with E-state index in [9.17, 15) is 14.0 Å². The minimum atomic E-state index is -1.50. The zero-order valence-electron chi connectivity index (χ0n) is 15.1. The van der Waals surface area contributed by atoms with Gasteiger partial charge in [-0.25, -0.2) is 4.39 Å². The molecule has 2 amide bonds. The van der Waals surface area contributed by atoms with Crippen LogP contribution in [0.4, 0.5) is 4.39 Å². The molecular formula is C18H23BrFN5O2. The molecule has 27 heavy (non-hydrogen) atoms. The predicted octanol–water partition coefficient (Wildman–Crippen LogP) is 0.968. The molecule has 146 valence electrons. The summed E-state index contributed by atoms with van der Waals surface area (Å²) in [6, 6.07) is 1.33. The summed E-state index contributed by atoms with van der Waals surface area (Å²) in [6.07, 6.45) is 1.98. The van der Waals surface area contributed by atoms with Gasteiger partial charge in [0, 0.05) is 43.0 Å². The van der Waals surface area contributed by atoms with Crippen molar-refractivity contribution in [3.63, 3.8) is 0 Å². The SMILES string of the molecule is CCC1NC(N2CC3CN(C(=O)c4cncc(Br)c4)CC3C2)NC(=O)C1F. The lowest BCUT2D eigenvalue weighted by Crippen LogP contribution is -2.67. The monoisotopic (exact) mass is 439 g/mol. The number of alkyl halides is 1. The van der Waals surface area contributed by atoms with Gasteiger partial charge in [0.1, 0.15) is 6.29 Å². The largest absolute Gasteiger partial charge is 0.338 e. The zero-order chi connectivity index (χ0) is 19.1. The summed E-state index contributed by atoms with van der Waals surface area (Å²) in [4.78, 5) is 32.7. The number of halogens is 2. The molecule has 7 nitrogen and oxygen atoms in total. The third kappa shape index (κ3) is 3.60. The molecule has 0 spiro atoms. The molecule has 2 N–H and O–H groups in total. The van der Waals surface area contributed by atoms with Crippen LogP contribution < -0.4 is 10.6 Å². The Bertz CT molecular complexity index is 736. The van der Waals surface area contributed by atoms with Gasteiger partial charge in [-0.2, -0.15) is 0 Å². The topological polar surface area (TPSA) is 77.6 Å². The van der Waals surface area contributed by atoms with Crippen LogP contribution in [0.3, 0.4) is 0 Å². The Labute approximate surface area is 165 Å². The van der Waals surface area contributed by atoms with E-state index in [1.54, 1.807) is 18.5 Å². The molecule has 0 aliphatic carbocycles. The van der Waals surface area contributed by atoms with Gasteiger partial charge in [0.15, 0.2) is 6.17 Å². The van der Waals surface area contributed by atoms with E-state index in [0.717, 1.165) is 17.6 Å². The molecule has 5 unspecified atom stereocenters. The maximum atomic E-state index is 13.9. The lowest BCUT2D eigenvalue weighted by atomic mass is 10.0. The molecule has 0 bridgehead atoms. The van der Waals surface area contributed by atoms with Gasteiger partial charge in [-0.1, -0.05) is 6.92 Å². The lowest BCUT2D eigenvalue weighted by Gasteiger charge is -2.38. The van der Waals surface area contributed by atoms with E-state index in [-0.39, 0.29) is 12.2 Å². The maximum absolute atomic E-state index is 13.9. The van der Waals surface area contributed by atoms with Crippen molar-refractivity contribution >= 4 is 27.7 Å². The molecule has 5 atom stereocenters. The number of rotatable bonds is 3. The highest BCUT2D eigenvalue weighted by Crippen LogP contribution is 2.33. The highest BCUT2D eigenvalue weighted by atomic mass is 79.9. The molecule has 3 aliphatic rings. The number of carbonyl (C=O) groups is 2. The number of nitrogens with one attached hydrogen (secondary N) is 2. The van der Waals surface area contributed by atoms with Crippen molar-refractivity contribution in [2.45, 2.75) is 31.8 Å². The van der Waals surface area contributed by atoms with Crippen molar-refractivity contribution in [2.24, 2.45) is 11.8 Å². The predicted molar refractivity (Wildman–Crippen MR) is 100 cm³/mol. The number of hydrogen-bond acceptors (Lipinski definition) is 5. The minimum absolute atomic E-state index is 0.000150. The molecule has 4 heterocycles. The van der Waals surface area contributed by atoms with Crippen molar-refractivity contribution in [1.29, 1.82) is 0 Å². The third-order valence-electron chi connectivity index (χ3n) is 5.81. The second kappa shape index (κ2) is 7.44. The summed E-state index contributed by atoms with van der Waals surface area (Å²) >= 11 is 3.35. The number of fused-ring (bicyclic) bond motifs is 1. The number of pyridine rings is 1. The van der Waals surface area contributed by atoms with Crippen LogP contribution in [-0.4, -0.2) is 71.3 Å². The highest BCUT2D eigenvalue weighted by molar-refractivity contribution is 9.10. The molecule has 0 radical (unpaired) electrons. The van der Waals surface area contributed by atoms with Crippen molar-refractivity contribution in [1.82, 2.24) is 25.4 Å². The molecule has 1 aromatic heterocycles. The maximum Gasteiger partial charge on any atom is 0.258 e. The highest BCUT2D eigenvalue weighted by Gasteiger charge is 2.46. The summed E-state index contributed by atoms with van der Waals surface area (Å²) in [5.74, 6) is 0.175. The van der Waals surface area contributed by atoms with Crippen molar-refractivity contribution < 1.29 is 14.0 Å². The van der Waals surface area contributed by atoms with Crippen molar-refractivity contribution in [2.75, 3.05) is 26.2 Å². The number of hydrogen-bond donors (Lipinski definition) is 2. The van der Waals surface area contributed by atoms with Crippen LogP contribution in [0.5, 0.6) is 0 Å². The van der Waals surface area contributed by atoms with Gasteiger partial charge in [0.2, 0.25) is 0 Å². The molecular weight excluding hydrogens is 417 g/mol. The van der Waals surface area contributed by atoms with Crippen LogP contribution in [0.15, 0.2) is 22.9 Å². The molecule has 3 aliphatic heterocycles. The second-order valence-corrected chi connectivity index (χ2v) is 8.49. The summed E-state index contributed by atoms with van der Waals surface area (Å²) in [5.41, 5.74) is 0.585. The first-order valence-corrected chi connectivity index (χ1v) is 10.1. The van der Waals surface area contributed by atoms with E-state index in [4.69, 9.17) is 0 Å². The number of aromatic nitrogens is 1. The van der Waals surface area contributed by atoms with Crippen LogP contribution in [-0.2, 0) is 4.79 Å². The van der Waals surface area contributed by atoms with Gasteiger partial charge >= 0.3 is 0 Å². The standard InChI is InChI=1S/C18H23BrFN5O2/c1-2-14-15(20)16(26)23-18(22-14)25-8-11-6-24(7-12(11)9-25)17(27)10-3-13(19)5-21-4-10/h3-5,11-12,14-15,18,22H,2,6-9H2,1H3,(H,23,26). The Kier molecular flexibility index (Phi) is 5.17. The Morgan fingerprint density at radius 3 is 2.63 bits per heavy atom. The fourth-order valence-corrected chi connectivity index (χ4v) is 4.73. The first-order chi connectivity index (χ1) is 13.0. The van der Waals surface area contributed by atoms with Crippen molar-refractivity contribution in [3.05, 3.63) is 28.5 Å². The van der Waals surface area contributed by atoms with Gasteiger partial charge in [-0.05, 0) is 40.3 Å². The van der Waals surface area contributed by atoms with Gasteiger partial charge in [-0.15, -0.1) is 0 Å². The van der Waals surface area contributed by atoms with E-state index < -0.39 is 18.1 Å². The van der Waals surface area contributed by atoms with Crippen LogP contribution in [0.25, 0.3) is 0 Å². The summed E-state index contributed by atoms with van der Waals surface area (Å²) < 4.78 is 14.7. The number of carbonyl (C=O) groups excluding carboxylic acids is 2. The molecule has 9 heteroatoms. The van der Waals surface area contributed by atoms with Gasteiger partial charge in [0.25, 0.3) is 11.8 Å². The fraction of sp³-hybridized carbons (Fsp3) is 0.611. The summed E-state index contributed by atoms with van der Waals surface area (Å²) in [5, 5.41) is 5.94. The third-order valence-corrected chi connectivity index (χ3v) is 6.25. The van der Waals surface area contributed by atoms with Crippen molar-refractivity contribution in [3.8, 4) is 0 Å². The van der Waals surface area contributed by atoms with Gasteiger partial charge in [0.05, 0.1) is 11.6 Å². The summed E-state index contributed by atoms with van der Waals surface area (Å²) in [7, 11) is 0. The van der Waals surface area contributed by atoms with E-state index in [1.165, 1.54) is 0 Å². The molecule has 1 aromatic rings. The zero-order valence-corrected chi connectivity index (χ0v) is 16.7.